The fourth-order valence-electron chi connectivity index (χ4n) is 3.29. The van der Waals surface area contributed by atoms with Gasteiger partial charge in [0.2, 0.25) is 0 Å². The maximum Gasteiger partial charge on any atom is 0.321 e. The third-order valence-electron chi connectivity index (χ3n) is 4.97. The fourth-order valence-corrected chi connectivity index (χ4v) is 3.29. The molecule has 3 heteroatoms. The molecule has 0 amide bonds. The van der Waals surface area contributed by atoms with E-state index in [1.54, 1.807) is 6.08 Å². The fraction of sp³-hybridized carbons (Fsp3) is 0.739. The highest BCUT2D eigenvalue weighted by molar-refractivity contribution is 5.95. The molecular weight excluding hydrogens is 324 g/mol. The van der Waals surface area contributed by atoms with Crippen LogP contribution in [0, 0.1) is 5.92 Å². The number of hydrogen-bond acceptors (Lipinski definition) is 3. The molecule has 1 saturated heterocycles. The number of rotatable bonds is 16. The second-order valence-electron chi connectivity index (χ2n) is 7.45. The highest BCUT2D eigenvalue weighted by atomic mass is 16.6. The number of carbonyl (C=O) groups is 2. The summed E-state index contributed by atoms with van der Waals surface area (Å²) in [6.07, 6.45) is 26.9. The van der Waals surface area contributed by atoms with Crippen molar-refractivity contribution >= 4 is 11.9 Å². The molecule has 1 aliphatic heterocycles. The largest absolute Gasteiger partial charge is 0.393 e. The second kappa shape index (κ2) is 15.8. The van der Waals surface area contributed by atoms with Crippen LogP contribution in [0.15, 0.2) is 24.3 Å². The van der Waals surface area contributed by atoms with E-state index >= 15 is 0 Å². The van der Waals surface area contributed by atoms with Crippen LogP contribution in [0.25, 0.3) is 0 Å². The van der Waals surface area contributed by atoms with E-state index in [0.717, 1.165) is 6.42 Å². The normalized spacial score (nSPS) is 17.7. The van der Waals surface area contributed by atoms with E-state index in [-0.39, 0.29) is 12.3 Å². The van der Waals surface area contributed by atoms with Gasteiger partial charge < -0.3 is 4.74 Å². The van der Waals surface area contributed by atoms with Crippen molar-refractivity contribution in [3.63, 3.8) is 0 Å². The van der Waals surface area contributed by atoms with Crippen molar-refractivity contribution in [2.24, 2.45) is 5.92 Å². The van der Waals surface area contributed by atoms with E-state index in [4.69, 9.17) is 0 Å². The minimum Gasteiger partial charge on any atom is -0.393 e. The van der Waals surface area contributed by atoms with Crippen LogP contribution in [0.4, 0.5) is 0 Å². The maximum absolute atomic E-state index is 11.3. The molecule has 1 rings (SSSR count). The summed E-state index contributed by atoms with van der Waals surface area (Å²) >= 11 is 0. The Morgan fingerprint density at radius 2 is 1.35 bits per heavy atom. The molecule has 0 radical (unpaired) electrons. The Kier molecular flexibility index (Phi) is 13.8. The van der Waals surface area contributed by atoms with Crippen molar-refractivity contribution < 1.29 is 14.3 Å². The van der Waals surface area contributed by atoms with Crippen molar-refractivity contribution in [1.29, 1.82) is 0 Å². The lowest BCUT2D eigenvalue weighted by Crippen LogP contribution is -2.03. The van der Waals surface area contributed by atoms with Crippen LogP contribution in [0.2, 0.25) is 0 Å². The number of ether oxygens (including phenoxy) is 1. The van der Waals surface area contributed by atoms with Crippen molar-refractivity contribution in [3.8, 4) is 0 Å². The summed E-state index contributed by atoms with van der Waals surface area (Å²) in [7, 11) is 0. The van der Waals surface area contributed by atoms with Gasteiger partial charge in [0.05, 0.1) is 12.3 Å². The van der Waals surface area contributed by atoms with Gasteiger partial charge in [-0.15, -0.1) is 0 Å². The van der Waals surface area contributed by atoms with Crippen LogP contribution in [0.3, 0.4) is 0 Å². The average Bonchev–Trinajstić information content (AvgIpc) is 2.95. The molecule has 1 unspecified atom stereocenters. The van der Waals surface area contributed by atoms with Gasteiger partial charge in [-0.2, -0.15) is 0 Å². The first-order valence-corrected chi connectivity index (χ1v) is 10.8. The Morgan fingerprint density at radius 3 is 1.85 bits per heavy atom. The molecule has 148 valence electrons. The minimum absolute atomic E-state index is 0.183. The van der Waals surface area contributed by atoms with Crippen LogP contribution in [0.1, 0.15) is 103 Å². The van der Waals surface area contributed by atoms with Gasteiger partial charge in [-0.25, -0.2) is 0 Å². The zero-order chi connectivity index (χ0) is 18.9. The van der Waals surface area contributed by atoms with Crippen LogP contribution in [-0.2, 0) is 14.3 Å². The van der Waals surface area contributed by atoms with E-state index < -0.39 is 11.9 Å². The lowest BCUT2D eigenvalue weighted by Gasteiger charge is -2.02. The molecule has 26 heavy (non-hydrogen) atoms. The zero-order valence-corrected chi connectivity index (χ0v) is 16.7. The third-order valence-corrected chi connectivity index (χ3v) is 4.97. The van der Waals surface area contributed by atoms with Crippen molar-refractivity contribution in [1.82, 2.24) is 0 Å². The smallest absolute Gasteiger partial charge is 0.321 e. The number of unbranched alkanes of at least 4 members (excludes halogenated alkanes) is 13. The first-order valence-electron chi connectivity index (χ1n) is 10.8. The molecule has 3 nitrogen and oxygen atoms in total. The van der Waals surface area contributed by atoms with E-state index in [1.807, 2.05) is 12.2 Å². The number of hydrogen-bond donors (Lipinski definition) is 0. The van der Waals surface area contributed by atoms with Gasteiger partial charge in [0.25, 0.3) is 0 Å². The van der Waals surface area contributed by atoms with Gasteiger partial charge >= 0.3 is 11.9 Å². The van der Waals surface area contributed by atoms with Gasteiger partial charge in [-0.3, -0.25) is 9.59 Å². The highest BCUT2D eigenvalue weighted by Gasteiger charge is 2.30. The van der Waals surface area contributed by atoms with E-state index in [0.29, 0.717) is 0 Å². The topological polar surface area (TPSA) is 43.4 Å². The predicted octanol–water partition coefficient (Wildman–Crippen LogP) is 6.67. The first-order chi connectivity index (χ1) is 12.7. The zero-order valence-electron chi connectivity index (χ0n) is 16.7. The molecule has 0 aromatic rings. The monoisotopic (exact) mass is 362 g/mol. The Morgan fingerprint density at radius 1 is 0.808 bits per heavy atom. The summed E-state index contributed by atoms with van der Waals surface area (Å²) in [4.78, 5) is 22.2. The summed E-state index contributed by atoms with van der Waals surface area (Å²) in [5.41, 5.74) is 0. The first kappa shape index (κ1) is 22.7. The molecule has 0 aromatic carbocycles. The average molecular weight is 363 g/mol. The lowest BCUT2D eigenvalue weighted by atomic mass is 10.0. The van der Waals surface area contributed by atoms with Crippen molar-refractivity contribution in [3.05, 3.63) is 24.3 Å². The van der Waals surface area contributed by atoms with Gasteiger partial charge in [-0.1, -0.05) is 108 Å². The van der Waals surface area contributed by atoms with E-state index in [1.165, 1.54) is 83.5 Å². The minimum atomic E-state index is -0.420. The predicted molar refractivity (Wildman–Crippen MR) is 108 cm³/mol. The molecule has 0 aromatic heterocycles. The molecule has 1 heterocycles. The molecule has 0 aliphatic carbocycles. The van der Waals surface area contributed by atoms with E-state index in [9.17, 15) is 9.59 Å². The van der Waals surface area contributed by atoms with Crippen molar-refractivity contribution in [2.75, 3.05) is 0 Å². The quantitative estimate of drug-likeness (QED) is 0.133. The molecule has 1 fully saturated rings. The van der Waals surface area contributed by atoms with Crippen LogP contribution in [-0.4, -0.2) is 11.9 Å². The molecule has 0 spiro atoms. The third kappa shape index (κ3) is 12.1. The Bertz CT molecular complexity index is 437. The lowest BCUT2D eigenvalue weighted by molar-refractivity contribution is -0.152. The molecule has 0 bridgehead atoms. The Labute approximate surface area is 160 Å². The van der Waals surface area contributed by atoms with E-state index in [2.05, 4.69) is 17.7 Å². The van der Waals surface area contributed by atoms with Crippen LogP contribution >= 0.6 is 0 Å². The number of carbonyl (C=O) groups excluding carboxylic acids is 2. The molecular formula is C23H38O3. The molecule has 1 aliphatic rings. The van der Waals surface area contributed by atoms with Gasteiger partial charge in [0.15, 0.2) is 0 Å². The maximum atomic E-state index is 11.3. The number of allylic oxidation sites excluding steroid dienone is 3. The summed E-state index contributed by atoms with van der Waals surface area (Å²) in [5, 5.41) is 0. The van der Waals surface area contributed by atoms with Crippen molar-refractivity contribution in [2.45, 2.75) is 103 Å². The number of cyclic esters (lactones) is 2. The highest BCUT2D eigenvalue weighted by Crippen LogP contribution is 2.17. The SMILES string of the molecule is CCCCCCCCCCCCCCCC=CC=CC1CC(=O)OC1=O. The Balaban J connectivity index is 1.82. The summed E-state index contributed by atoms with van der Waals surface area (Å²) in [5.74, 6) is -1.22. The summed E-state index contributed by atoms with van der Waals surface area (Å²) < 4.78 is 4.50. The van der Waals surface area contributed by atoms with Crippen LogP contribution in [0.5, 0.6) is 0 Å². The summed E-state index contributed by atoms with van der Waals surface area (Å²) in [6.45, 7) is 2.27. The van der Waals surface area contributed by atoms with Crippen LogP contribution < -0.4 is 0 Å². The molecule has 0 saturated carbocycles. The number of esters is 2. The standard InChI is InChI=1S/C23H38O3/c1-2-3-4-5-6-7-8-9-10-11-12-13-14-15-16-17-18-19-21-20-22(24)26-23(21)25/h16-19,21H,2-15,20H2,1H3. The van der Waals surface area contributed by atoms with Gasteiger partial charge in [0.1, 0.15) is 0 Å². The summed E-state index contributed by atoms with van der Waals surface area (Å²) in [6, 6.07) is 0. The molecule has 0 N–H and O–H groups in total. The second-order valence-corrected chi connectivity index (χ2v) is 7.45. The molecule has 1 atom stereocenters. The van der Waals surface area contributed by atoms with Gasteiger partial charge in [0, 0.05) is 0 Å². The van der Waals surface area contributed by atoms with Gasteiger partial charge in [-0.05, 0) is 12.8 Å². The Hall–Kier alpha value is -1.38.